The fraction of sp³-hybridized carbons (Fsp3) is 0.538. The summed E-state index contributed by atoms with van der Waals surface area (Å²) in [5.74, 6) is -2.00. The highest BCUT2D eigenvalue weighted by Gasteiger charge is 2.11. The van der Waals surface area contributed by atoms with Crippen molar-refractivity contribution >= 4 is 0 Å². The van der Waals surface area contributed by atoms with Crippen molar-refractivity contribution in [2.24, 2.45) is 0 Å². The monoisotopic (exact) mass is 259 g/mol. The number of aliphatic hydroxyl groups excluding tert-OH is 1. The molecule has 0 saturated carbocycles. The van der Waals surface area contributed by atoms with Crippen LogP contribution in [-0.2, 0) is 0 Å². The van der Waals surface area contributed by atoms with Gasteiger partial charge in [0.2, 0.25) is 5.82 Å². The average molecular weight is 259 g/mol. The van der Waals surface area contributed by atoms with Crippen molar-refractivity contribution in [3.8, 4) is 5.75 Å². The van der Waals surface area contributed by atoms with Gasteiger partial charge in [-0.25, -0.2) is 4.39 Å². The van der Waals surface area contributed by atoms with Gasteiger partial charge < -0.3 is 15.2 Å². The molecule has 0 aromatic heterocycles. The molecule has 1 rings (SSSR count). The zero-order valence-corrected chi connectivity index (χ0v) is 10.6. The molecule has 0 spiro atoms. The van der Waals surface area contributed by atoms with Crippen molar-refractivity contribution in [1.82, 2.24) is 5.32 Å². The summed E-state index contributed by atoms with van der Waals surface area (Å²) in [7, 11) is 0. The molecule has 1 unspecified atom stereocenters. The van der Waals surface area contributed by atoms with Gasteiger partial charge in [-0.05, 0) is 18.6 Å². The summed E-state index contributed by atoms with van der Waals surface area (Å²) in [6.07, 6.45) is 0.518. The second-order valence-corrected chi connectivity index (χ2v) is 4.39. The number of halogens is 2. The van der Waals surface area contributed by atoms with Gasteiger partial charge in [0.1, 0.15) is 0 Å². The number of hydrogen-bond acceptors (Lipinski definition) is 3. The maximum atomic E-state index is 13.3. The molecule has 0 aliphatic rings. The van der Waals surface area contributed by atoms with Crippen LogP contribution in [0.4, 0.5) is 8.78 Å². The first-order chi connectivity index (χ1) is 8.54. The Morgan fingerprint density at radius 3 is 2.67 bits per heavy atom. The fourth-order valence-corrected chi connectivity index (χ4v) is 1.61. The van der Waals surface area contributed by atoms with Crippen LogP contribution in [0.3, 0.4) is 0 Å². The largest absolute Gasteiger partial charge is 0.490 e. The summed E-state index contributed by atoms with van der Waals surface area (Å²) in [5.41, 5.74) is 0. The molecule has 0 aliphatic heterocycles. The molecule has 0 aliphatic carbocycles. The highest BCUT2D eigenvalue weighted by molar-refractivity contribution is 5.24. The van der Waals surface area contributed by atoms with Gasteiger partial charge in [-0.3, -0.25) is 0 Å². The van der Waals surface area contributed by atoms with Crippen LogP contribution in [0.25, 0.3) is 0 Å². The zero-order chi connectivity index (χ0) is 13.5. The minimum Gasteiger partial charge on any atom is -0.490 e. The van der Waals surface area contributed by atoms with Crippen LogP contribution >= 0.6 is 0 Å². The molecular formula is C13H19F2NO2. The Labute approximate surface area is 106 Å². The number of ether oxygens (including phenoxy) is 1. The van der Waals surface area contributed by atoms with Crippen LogP contribution in [0.2, 0.25) is 0 Å². The molecule has 0 radical (unpaired) electrons. The molecule has 3 nitrogen and oxygen atoms in total. The van der Waals surface area contributed by atoms with E-state index in [1.54, 1.807) is 0 Å². The van der Waals surface area contributed by atoms with E-state index in [0.717, 1.165) is 6.07 Å². The maximum Gasteiger partial charge on any atom is 0.200 e. The molecule has 0 heterocycles. The third-order valence-corrected chi connectivity index (χ3v) is 2.43. The number of benzene rings is 1. The van der Waals surface area contributed by atoms with E-state index in [1.165, 1.54) is 12.1 Å². The molecular weight excluding hydrogens is 240 g/mol. The number of rotatable bonds is 7. The summed E-state index contributed by atoms with van der Waals surface area (Å²) in [6.45, 7) is 4.13. The molecule has 0 amide bonds. The van der Waals surface area contributed by atoms with Gasteiger partial charge in [0, 0.05) is 12.1 Å². The Morgan fingerprint density at radius 2 is 2.06 bits per heavy atom. The second kappa shape index (κ2) is 7.28. The Hall–Kier alpha value is -1.20. The van der Waals surface area contributed by atoms with Gasteiger partial charge >= 0.3 is 0 Å². The van der Waals surface area contributed by atoms with Crippen LogP contribution in [0.1, 0.15) is 20.3 Å². The number of hydrogen-bond donors (Lipinski definition) is 2. The van der Waals surface area contributed by atoms with E-state index >= 15 is 0 Å². The predicted octanol–water partition coefficient (Wildman–Crippen LogP) is 2.09. The van der Waals surface area contributed by atoms with E-state index in [-0.39, 0.29) is 31.0 Å². The van der Waals surface area contributed by atoms with Gasteiger partial charge in [-0.15, -0.1) is 0 Å². The third kappa shape index (κ3) is 4.58. The maximum absolute atomic E-state index is 13.3. The summed E-state index contributed by atoms with van der Waals surface area (Å²) in [6, 6.07) is 3.94. The Balaban J connectivity index is 2.43. The van der Waals surface area contributed by atoms with E-state index < -0.39 is 11.6 Å². The first-order valence-corrected chi connectivity index (χ1v) is 5.98. The highest BCUT2D eigenvalue weighted by atomic mass is 19.2. The SMILES string of the molecule is CC(C)NC(CO)CCOc1cccc(F)c1F. The van der Waals surface area contributed by atoms with Crippen LogP contribution in [-0.4, -0.2) is 30.4 Å². The predicted molar refractivity (Wildman–Crippen MR) is 65.6 cm³/mol. The average Bonchev–Trinajstić information content (AvgIpc) is 2.32. The molecule has 0 fully saturated rings. The van der Waals surface area contributed by atoms with Crippen molar-refractivity contribution in [2.45, 2.75) is 32.4 Å². The Bertz CT molecular complexity index is 372. The molecule has 5 heteroatoms. The van der Waals surface area contributed by atoms with E-state index in [4.69, 9.17) is 9.84 Å². The first kappa shape index (κ1) is 14.9. The normalized spacial score (nSPS) is 12.8. The minimum atomic E-state index is -0.977. The Morgan fingerprint density at radius 1 is 1.33 bits per heavy atom. The van der Waals surface area contributed by atoms with Crippen molar-refractivity contribution in [3.63, 3.8) is 0 Å². The second-order valence-electron chi connectivity index (χ2n) is 4.39. The summed E-state index contributed by atoms with van der Waals surface area (Å²) >= 11 is 0. The minimum absolute atomic E-state index is 0.0207. The lowest BCUT2D eigenvalue weighted by Crippen LogP contribution is -2.38. The molecule has 1 atom stereocenters. The van der Waals surface area contributed by atoms with Crippen LogP contribution in [0.5, 0.6) is 5.75 Å². The van der Waals surface area contributed by atoms with Crippen molar-refractivity contribution in [2.75, 3.05) is 13.2 Å². The van der Waals surface area contributed by atoms with E-state index in [1.807, 2.05) is 13.8 Å². The standard InChI is InChI=1S/C13H19F2NO2/c1-9(2)16-10(8-17)6-7-18-12-5-3-4-11(14)13(12)15/h3-5,9-10,16-17H,6-8H2,1-2H3. The van der Waals surface area contributed by atoms with Crippen LogP contribution < -0.4 is 10.1 Å². The lowest BCUT2D eigenvalue weighted by molar-refractivity contribution is 0.199. The van der Waals surface area contributed by atoms with Gasteiger partial charge in [0.05, 0.1) is 13.2 Å². The lowest BCUT2D eigenvalue weighted by atomic mass is 10.2. The van der Waals surface area contributed by atoms with E-state index in [0.29, 0.717) is 6.42 Å². The van der Waals surface area contributed by atoms with Crippen LogP contribution in [0, 0.1) is 11.6 Å². The molecule has 0 saturated heterocycles. The van der Waals surface area contributed by atoms with Crippen molar-refractivity contribution in [1.29, 1.82) is 0 Å². The molecule has 102 valence electrons. The van der Waals surface area contributed by atoms with Crippen LogP contribution in [0.15, 0.2) is 18.2 Å². The fourth-order valence-electron chi connectivity index (χ4n) is 1.61. The molecule has 1 aromatic carbocycles. The third-order valence-electron chi connectivity index (χ3n) is 2.43. The van der Waals surface area contributed by atoms with Gasteiger partial charge in [0.15, 0.2) is 11.6 Å². The topological polar surface area (TPSA) is 41.5 Å². The molecule has 2 N–H and O–H groups in total. The molecule has 0 bridgehead atoms. The number of nitrogens with one attached hydrogen (secondary N) is 1. The van der Waals surface area contributed by atoms with Gasteiger partial charge in [-0.2, -0.15) is 4.39 Å². The quantitative estimate of drug-likeness (QED) is 0.788. The van der Waals surface area contributed by atoms with E-state index in [2.05, 4.69) is 5.32 Å². The lowest BCUT2D eigenvalue weighted by Gasteiger charge is -2.19. The smallest absolute Gasteiger partial charge is 0.200 e. The molecule has 1 aromatic rings. The summed E-state index contributed by atoms with van der Waals surface area (Å²) in [5, 5.41) is 12.3. The summed E-state index contributed by atoms with van der Waals surface area (Å²) in [4.78, 5) is 0. The Kier molecular flexibility index (Phi) is 6.01. The molecule has 18 heavy (non-hydrogen) atoms. The van der Waals surface area contributed by atoms with Crippen molar-refractivity contribution in [3.05, 3.63) is 29.8 Å². The van der Waals surface area contributed by atoms with E-state index in [9.17, 15) is 8.78 Å². The summed E-state index contributed by atoms with van der Waals surface area (Å²) < 4.78 is 31.3. The zero-order valence-electron chi connectivity index (χ0n) is 10.6. The number of aliphatic hydroxyl groups is 1. The first-order valence-electron chi connectivity index (χ1n) is 5.98. The highest BCUT2D eigenvalue weighted by Crippen LogP contribution is 2.19. The van der Waals surface area contributed by atoms with Gasteiger partial charge in [0.25, 0.3) is 0 Å². The van der Waals surface area contributed by atoms with Gasteiger partial charge in [-0.1, -0.05) is 19.9 Å². The van der Waals surface area contributed by atoms with Crippen molar-refractivity contribution < 1.29 is 18.6 Å².